The van der Waals surface area contributed by atoms with Gasteiger partial charge in [-0.3, -0.25) is 0 Å². The van der Waals surface area contributed by atoms with Gasteiger partial charge in [0, 0.05) is 5.56 Å². The Hall–Kier alpha value is -1.58. The second-order valence-electron chi connectivity index (χ2n) is 4.76. The maximum absolute atomic E-state index is 5.95. The number of allylic oxidation sites excluding steroid dienone is 3. The van der Waals surface area contributed by atoms with Gasteiger partial charge in [0.1, 0.15) is 8.07 Å². The topological polar surface area (TPSA) is 39.2 Å². The third kappa shape index (κ3) is 3.46. The van der Waals surface area contributed by atoms with Crippen molar-refractivity contribution in [1.82, 2.24) is 0 Å². The summed E-state index contributed by atoms with van der Waals surface area (Å²) in [4.78, 5) is 0. The van der Waals surface area contributed by atoms with Crippen LogP contribution in [0, 0.1) is 0 Å². The Kier molecular flexibility index (Phi) is 5.80. The molecular formula is C16H23NOSi. The van der Waals surface area contributed by atoms with Crippen LogP contribution in [-0.4, -0.2) is 8.07 Å². The van der Waals surface area contributed by atoms with Crippen molar-refractivity contribution in [3.05, 3.63) is 68.5 Å². The highest BCUT2D eigenvalue weighted by atomic mass is 28.3. The molecule has 3 heteroatoms. The van der Waals surface area contributed by atoms with Crippen molar-refractivity contribution >= 4 is 13.5 Å². The Balaban J connectivity index is 3.18. The van der Waals surface area contributed by atoms with Gasteiger partial charge in [0.2, 0.25) is 0 Å². The van der Waals surface area contributed by atoms with E-state index < -0.39 is 8.07 Å². The highest BCUT2D eigenvalue weighted by Crippen LogP contribution is 2.25. The van der Waals surface area contributed by atoms with Crippen molar-refractivity contribution in [1.29, 1.82) is 0 Å². The number of hydrogen-bond donors (Lipinski definition) is 1. The van der Waals surface area contributed by atoms with Gasteiger partial charge in [-0.05, 0) is 24.2 Å². The van der Waals surface area contributed by atoms with Gasteiger partial charge in [0.05, 0.1) is 17.7 Å². The first-order valence-electron chi connectivity index (χ1n) is 6.43. The van der Waals surface area contributed by atoms with E-state index in [2.05, 4.69) is 32.4 Å². The van der Waals surface area contributed by atoms with Crippen molar-refractivity contribution < 1.29 is 4.42 Å². The van der Waals surface area contributed by atoms with E-state index >= 15 is 0 Å². The van der Waals surface area contributed by atoms with Crippen molar-refractivity contribution in [2.45, 2.75) is 24.2 Å². The molecule has 1 unspecified atom stereocenters. The van der Waals surface area contributed by atoms with E-state index in [1.807, 2.05) is 18.2 Å². The summed E-state index contributed by atoms with van der Waals surface area (Å²) in [5.74, 6) is 0. The Morgan fingerprint density at radius 2 is 1.63 bits per heavy atom. The minimum atomic E-state index is -1.82. The molecule has 0 bridgehead atoms. The Bertz CT molecular complexity index is 435. The van der Waals surface area contributed by atoms with Crippen LogP contribution in [0.2, 0.25) is 18.1 Å². The second-order valence-corrected chi connectivity index (χ2v) is 9.04. The lowest BCUT2D eigenvalue weighted by molar-refractivity contribution is 0.590. The first kappa shape index (κ1) is 15.5. The maximum Gasteiger partial charge on any atom is 0.143 e. The minimum absolute atomic E-state index is 0.180. The Morgan fingerprint density at radius 3 is 2.05 bits per heavy atom. The molecule has 0 radical (unpaired) electrons. The van der Waals surface area contributed by atoms with E-state index in [1.54, 1.807) is 12.3 Å². The first-order chi connectivity index (χ1) is 9.13. The summed E-state index contributed by atoms with van der Waals surface area (Å²) in [6.45, 7) is 15.3. The predicted molar refractivity (Wildman–Crippen MR) is 86.2 cm³/mol. The lowest BCUT2D eigenvalue weighted by atomic mass is 10.2. The molecule has 0 saturated carbocycles. The third-order valence-corrected chi connectivity index (χ3v) is 7.90. The predicted octanol–water partition coefficient (Wildman–Crippen LogP) is 3.68. The molecule has 1 aromatic rings. The molecule has 2 N–H and O–H groups in total. The molecule has 2 nitrogen and oxygen atoms in total. The normalized spacial score (nSPS) is 12.7. The third-order valence-electron chi connectivity index (χ3n) is 3.39. The highest BCUT2D eigenvalue weighted by Gasteiger charge is 2.35. The van der Waals surface area contributed by atoms with E-state index in [4.69, 9.17) is 10.2 Å². The molecule has 1 heterocycles. The molecule has 0 aliphatic heterocycles. The summed E-state index contributed by atoms with van der Waals surface area (Å²) in [5, 5.41) is 1.04. The SMILES string of the molecule is C=CC[Si](CC=C)(CC=C)c1cc(C(N)C=C)co1. The summed E-state index contributed by atoms with van der Waals surface area (Å²) < 4.78 is 5.80. The van der Waals surface area contributed by atoms with Crippen LogP contribution in [0.4, 0.5) is 0 Å². The van der Waals surface area contributed by atoms with Gasteiger partial charge in [0.15, 0.2) is 0 Å². The molecule has 1 atom stereocenters. The molecule has 0 aromatic carbocycles. The lowest BCUT2D eigenvalue weighted by Crippen LogP contribution is -2.45. The molecule has 0 saturated heterocycles. The van der Waals surface area contributed by atoms with Crippen LogP contribution < -0.4 is 11.1 Å². The van der Waals surface area contributed by atoms with Crippen LogP contribution in [0.5, 0.6) is 0 Å². The van der Waals surface area contributed by atoms with Gasteiger partial charge in [-0.25, -0.2) is 0 Å². The zero-order valence-electron chi connectivity index (χ0n) is 11.5. The average Bonchev–Trinajstić information content (AvgIpc) is 2.88. The minimum Gasteiger partial charge on any atom is -0.474 e. The summed E-state index contributed by atoms with van der Waals surface area (Å²) in [7, 11) is -1.82. The van der Waals surface area contributed by atoms with Crippen molar-refractivity contribution in [3.63, 3.8) is 0 Å². The first-order valence-corrected chi connectivity index (χ1v) is 9.05. The van der Waals surface area contributed by atoms with Crippen LogP contribution in [0.25, 0.3) is 0 Å². The van der Waals surface area contributed by atoms with Gasteiger partial charge in [-0.1, -0.05) is 24.3 Å². The van der Waals surface area contributed by atoms with Crippen molar-refractivity contribution in [3.8, 4) is 0 Å². The molecule has 0 aliphatic rings. The van der Waals surface area contributed by atoms with Crippen LogP contribution in [0.3, 0.4) is 0 Å². The number of furan rings is 1. The maximum atomic E-state index is 5.95. The molecule has 1 rings (SSSR count). The van der Waals surface area contributed by atoms with Gasteiger partial charge in [-0.15, -0.1) is 26.3 Å². The fraction of sp³-hybridized carbons (Fsp3) is 0.250. The van der Waals surface area contributed by atoms with E-state index in [1.165, 1.54) is 0 Å². The van der Waals surface area contributed by atoms with Crippen molar-refractivity contribution in [2.24, 2.45) is 5.73 Å². The number of hydrogen-bond acceptors (Lipinski definition) is 2. The van der Waals surface area contributed by atoms with Crippen molar-refractivity contribution in [2.75, 3.05) is 0 Å². The van der Waals surface area contributed by atoms with E-state index in [-0.39, 0.29) is 6.04 Å². The monoisotopic (exact) mass is 273 g/mol. The lowest BCUT2D eigenvalue weighted by Gasteiger charge is -2.25. The number of nitrogens with two attached hydrogens (primary N) is 1. The standard InChI is InChI=1S/C16H23NOSi/c1-5-9-19(10-6-2,11-7-3)16-12-14(13-18-16)15(17)8-4/h5-8,12-13,15H,1-4,9-11,17H2. The average molecular weight is 273 g/mol. The molecule has 0 aliphatic carbocycles. The quantitative estimate of drug-likeness (QED) is 0.550. The summed E-state index contributed by atoms with van der Waals surface area (Å²) in [6, 6.07) is 4.72. The molecule has 0 fully saturated rings. The van der Waals surface area contributed by atoms with E-state index in [0.717, 1.165) is 29.1 Å². The Labute approximate surface area is 117 Å². The van der Waals surface area contributed by atoms with Crippen LogP contribution in [-0.2, 0) is 0 Å². The smallest absolute Gasteiger partial charge is 0.143 e. The molecular weight excluding hydrogens is 250 g/mol. The van der Waals surface area contributed by atoms with Crippen LogP contribution >= 0.6 is 0 Å². The summed E-state index contributed by atoms with van der Waals surface area (Å²) in [6.07, 6.45) is 9.35. The fourth-order valence-corrected chi connectivity index (χ4v) is 5.86. The molecule has 19 heavy (non-hydrogen) atoms. The van der Waals surface area contributed by atoms with Crippen LogP contribution in [0.1, 0.15) is 11.6 Å². The van der Waals surface area contributed by atoms with Gasteiger partial charge < -0.3 is 10.2 Å². The summed E-state index contributed by atoms with van der Waals surface area (Å²) >= 11 is 0. The van der Waals surface area contributed by atoms with E-state index in [0.29, 0.717) is 0 Å². The summed E-state index contributed by atoms with van der Waals surface area (Å²) in [5.41, 5.74) is 6.92. The molecule has 102 valence electrons. The second kappa shape index (κ2) is 7.12. The fourth-order valence-electron chi connectivity index (χ4n) is 2.32. The van der Waals surface area contributed by atoms with Gasteiger partial charge in [0.25, 0.3) is 0 Å². The largest absolute Gasteiger partial charge is 0.474 e. The van der Waals surface area contributed by atoms with E-state index in [9.17, 15) is 0 Å². The number of rotatable bonds is 9. The highest BCUT2D eigenvalue weighted by molar-refractivity contribution is 6.92. The molecule has 0 amide bonds. The molecule has 0 spiro atoms. The zero-order valence-corrected chi connectivity index (χ0v) is 12.5. The zero-order chi connectivity index (χ0) is 14.3. The Morgan fingerprint density at radius 1 is 1.11 bits per heavy atom. The van der Waals surface area contributed by atoms with Gasteiger partial charge in [-0.2, -0.15) is 0 Å². The van der Waals surface area contributed by atoms with Crippen LogP contribution in [0.15, 0.2) is 67.4 Å². The molecule has 1 aromatic heterocycles. The van der Waals surface area contributed by atoms with Gasteiger partial charge >= 0.3 is 0 Å².